The van der Waals surface area contributed by atoms with Crippen LogP contribution in [0.1, 0.15) is 29.9 Å². The van der Waals surface area contributed by atoms with Gasteiger partial charge in [0.25, 0.3) is 0 Å². The van der Waals surface area contributed by atoms with Gasteiger partial charge in [-0.15, -0.1) is 0 Å². The second-order valence-corrected chi connectivity index (χ2v) is 7.85. The minimum Gasteiger partial charge on any atom is -0.352 e. The number of rotatable bonds is 7. The van der Waals surface area contributed by atoms with Crippen LogP contribution in [-0.4, -0.2) is 56.6 Å². The predicted octanol–water partition coefficient (Wildman–Crippen LogP) is 3.19. The van der Waals surface area contributed by atoms with Gasteiger partial charge in [-0.1, -0.05) is 12.1 Å². The third-order valence-electron chi connectivity index (χ3n) is 5.18. The summed E-state index contributed by atoms with van der Waals surface area (Å²) in [7, 11) is 4.20. The van der Waals surface area contributed by atoms with E-state index in [4.69, 9.17) is 12.2 Å². The van der Waals surface area contributed by atoms with Crippen molar-refractivity contribution >= 4 is 17.3 Å². The zero-order chi connectivity index (χ0) is 20.2. The van der Waals surface area contributed by atoms with Crippen LogP contribution in [0.4, 0.5) is 0 Å². The van der Waals surface area contributed by atoms with Crippen molar-refractivity contribution in [3.05, 3.63) is 78.5 Å². The van der Waals surface area contributed by atoms with Gasteiger partial charge in [0.1, 0.15) is 5.82 Å². The van der Waals surface area contributed by atoms with E-state index >= 15 is 0 Å². The lowest BCUT2D eigenvalue weighted by Gasteiger charge is -2.29. The van der Waals surface area contributed by atoms with E-state index in [0.29, 0.717) is 0 Å². The summed E-state index contributed by atoms with van der Waals surface area (Å²) >= 11 is 5.76. The van der Waals surface area contributed by atoms with Gasteiger partial charge < -0.3 is 19.7 Å². The molecule has 3 aromatic rings. The summed E-state index contributed by atoms with van der Waals surface area (Å²) in [4.78, 5) is 13.7. The SMILES string of the molecule is CN(C)CCCN1C(=S)N[C@H](c2ccccn2)[C@H]1c1cccn1-c1ccccn1. The Bertz CT molecular complexity index is 940. The topological polar surface area (TPSA) is 49.2 Å². The molecule has 0 aromatic carbocycles. The number of nitrogens with one attached hydrogen (secondary N) is 1. The van der Waals surface area contributed by atoms with Crippen molar-refractivity contribution in [1.29, 1.82) is 0 Å². The first-order valence-electron chi connectivity index (χ1n) is 9.86. The summed E-state index contributed by atoms with van der Waals surface area (Å²) < 4.78 is 2.15. The average Bonchev–Trinajstić information content (AvgIpc) is 3.34. The fraction of sp³-hybridized carbons (Fsp3) is 0.318. The Morgan fingerprint density at radius 1 is 1.03 bits per heavy atom. The number of pyridine rings is 2. The summed E-state index contributed by atoms with van der Waals surface area (Å²) in [6.07, 6.45) is 6.75. The first kappa shape index (κ1) is 19.5. The molecule has 1 aliphatic heterocycles. The molecule has 29 heavy (non-hydrogen) atoms. The lowest BCUT2D eigenvalue weighted by atomic mass is 10.0. The van der Waals surface area contributed by atoms with Crippen LogP contribution in [0, 0.1) is 0 Å². The monoisotopic (exact) mass is 406 g/mol. The Kier molecular flexibility index (Phi) is 5.87. The Labute approximate surface area is 177 Å². The zero-order valence-electron chi connectivity index (χ0n) is 16.8. The fourth-order valence-electron chi connectivity index (χ4n) is 3.87. The summed E-state index contributed by atoms with van der Waals surface area (Å²) in [5.41, 5.74) is 2.14. The smallest absolute Gasteiger partial charge is 0.170 e. The van der Waals surface area contributed by atoms with Gasteiger partial charge in [-0.25, -0.2) is 4.98 Å². The third-order valence-corrected chi connectivity index (χ3v) is 5.53. The van der Waals surface area contributed by atoms with E-state index < -0.39 is 0 Å². The van der Waals surface area contributed by atoms with Gasteiger partial charge in [0.2, 0.25) is 0 Å². The van der Waals surface area contributed by atoms with Gasteiger partial charge in [0.05, 0.1) is 17.8 Å². The maximum absolute atomic E-state index is 5.76. The van der Waals surface area contributed by atoms with Crippen molar-refractivity contribution in [1.82, 2.24) is 29.7 Å². The Morgan fingerprint density at radius 3 is 2.52 bits per heavy atom. The van der Waals surface area contributed by atoms with Crippen molar-refractivity contribution in [3.63, 3.8) is 0 Å². The maximum Gasteiger partial charge on any atom is 0.170 e. The van der Waals surface area contributed by atoms with Gasteiger partial charge in [-0.3, -0.25) is 4.98 Å². The van der Waals surface area contributed by atoms with E-state index in [9.17, 15) is 0 Å². The summed E-state index contributed by atoms with van der Waals surface area (Å²) in [5, 5.41) is 4.30. The number of nitrogens with zero attached hydrogens (tertiary/aromatic N) is 5. The molecule has 0 aliphatic carbocycles. The van der Waals surface area contributed by atoms with Crippen molar-refractivity contribution in [3.8, 4) is 5.82 Å². The first-order valence-corrected chi connectivity index (χ1v) is 10.3. The molecule has 1 fully saturated rings. The van der Waals surface area contributed by atoms with Gasteiger partial charge in [0, 0.05) is 30.8 Å². The van der Waals surface area contributed by atoms with E-state index in [0.717, 1.165) is 41.8 Å². The molecule has 0 saturated carbocycles. The summed E-state index contributed by atoms with van der Waals surface area (Å²) in [6, 6.07) is 16.2. The van der Waals surface area contributed by atoms with Gasteiger partial charge in [-0.05, 0) is 75.7 Å². The highest BCUT2D eigenvalue weighted by Crippen LogP contribution is 2.39. The summed E-state index contributed by atoms with van der Waals surface area (Å²) in [5.74, 6) is 0.901. The minimum atomic E-state index is -0.0135. The van der Waals surface area contributed by atoms with Crippen molar-refractivity contribution in [2.45, 2.75) is 18.5 Å². The third kappa shape index (κ3) is 4.16. The van der Waals surface area contributed by atoms with E-state index in [2.05, 4.69) is 68.1 Å². The van der Waals surface area contributed by atoms with Gasteiger partial charge in [0.15, 0.2) is 5.11 Å². The van der Waals surface area contributed by atoms with Crippen molar-refractivity contribution < 1.29 is 0 Å². The van der Waals surface area contributed by atoms with Crippen LogP contribution >= 0.6 is 12.2 Å². The fourth-order valence-corrected chi connectivity index (χ4v) is 4.20. The van der Waals surface area contributed by atoms with Crippen LogP contribution in [0.2, 0.25) is 0 Å². The quantitative estimate of drug-likeness (QED) is 0.608. The van der Waals surface area contributed by atoms with Crippen molar-refractivity contribution in [2.75, 3.05) is 27.2 Å². The highest BCUT2D eigenvalue weighted by molar-refractivity contribution is 7.80. The highest BCUT2D eigenvalue weighted by Gasteiger charge is 2.41. The van der Waals surface area contributed by atoms with Crippen LogP contribution in [0.15, 0.2) is 67.1 Å². The number of hydrogen-bond donors (Lipinski definition) is 1. The molecule has 4 heterocycles. The van der Waals surface area contributed by atoms with Crippen LogP contribution in [-0.2, 0) is 0 Å². The molecule has 7 heteroatoms. The molecule has 0 unspecified atom stereocenters. The number of hydrogen-bond acceptors (Lipinski definition) is 4. The number of thiocarbonyl (C=S) groups is 1. The predicted molar refractivity (Wildman–Crippen MR) is 119 cm³/mol. The van der Waals surface area contributed by atoms with Gasteiger partial charge >= 0.3 is 0 Å². The van der Waals surface area contributed by atoms with Crippen LogP contribution in [0.5, 0.6) is 0 Å². The summed E-state index contributed by atoms with van der Waals surface area (Å²) in [6.45, 7) is 1.90. The molecule has 6 nitrogen and oxygen atoms in total. The molecule has 3 aromatic heterocycles. The minimum absolute atomic E-state index is 0.0135. The molecule has 0 radical (unpaired) electrons. The molecule has 0 amide bonds. The average molecular weight is 407 g/mol. The first-order chi connectivity index (χ1) is 14.1. The van der Waals surface area contributed by atoms with Gasteiger partial charge in [-0.2, -0.15) is 0 Å². The highest BCUT2D eigenvalue weighted by atomic mass is 32.1. The normalized spacial score (nSPS) is 19.0. The molecule has 0 spiro atoms. The molecular weight excluding hydrogens is 380 g/mol. The van der Waals surface area contributed by atoms with E-state index in [1.807, 2.05) is 42.7 Å². The second-order valence-electron chi connectivity index (χ2n) is 7.47. The van der Waals surface area contributed by atoms with Crippen LogP contribution in [0.25, 0.3) is 5.82 Å². The van der Waals surface area contributed by atoms with E-state index in [1.165, 1.54) is 0 Å². The molecule has 150 valence electrons. The van der Waals surface area contributed by atoms with Crippen LogP contribution in [0.3, 0.4) is 0 Å². The molecule has 1 saturated heterocycles. The Balaban J connectivity index is 1.72. The van der Waals surface area contributed by atoms with E-state index in [-0.39, 0.29) is 12.1 Å². The second kappa shape index (κ2) is 8.71. The number of aromatic nitrogens is 3. The Hall–Kier alpha value is -2.77. The maximum atomic E-state index is 5.76. The largest absolute Gasteiger partial charge is 0.352 e. The standard InChI is InChI=1S/C22H26N6S/c1-26(2)14-8-16-28-21(20(25-22(28)29)17-9-3-5-12-23-17)18-10-7-15-27(18)19-11-4-6-13-24-19/h3-7,9-13,15,20-21H,8,14,16H2,1-2H3,(H,25,29)/t20-,21-/m1/s1. The molecule has 0 bridgehead atoms. The molecule has 1 N–H and O–H groups in total. The lowest BCUT2D eigenvalue weighted by molar-refractivity contribution is 0.286. The molecule has 1 aliphatic rings. The Morgan fingerprint density at radius 2 is 1.83 bits per heavy atom. The van der Waals surface area contributed by atoms with E-state index in [1.54, 1.807) is 0 Å². The lowest BCUT2D eigenvalue weighted by Crippen LogP contribution is -2.33. The van der Waals surface area contributed by atoms with Crippen molar-refractivity contribution in [2.24, 2.45) is 0 Å². The molecule has 2 atom stereocenters. The zero-order valence-corrected chi connectivity index (χ0v) is 17.6. The molecular formula is C22H26N6S. The molecule has 4 rings (SSSR count). The van der Waals surface area contributed by atoms with Crippen LogP contribution < -0.4 is 5.32 Å².